The number of aromatic nitrogens is 2. The topological polar surface area (TPSA) is 158 Å². The van der Waals surface area contributed by atoms with E-state index in [1.54, 1.807) is 29.4 Å². The predicted molar refractivity (Wildman–Crippen MR) is 222 cm³/mol. The summed E-state index contributed by atoms with van der Waals surface area (Å²) in [6.45, 7) is 8.48. The number of rotatable bonds is 7. The highest BCUT2D eigenvalue weighted by Crippen LogP contribution is 2.50. The zero-order valence-electron chi connectivity index (χ0n) is 33.7. The van der Waals surface area contributed by atoms with Crippen LogP contribution in [0.2, 0.25) is 0 Å². The van der Waals surface area contributed by atoms with Gasteiger partial charge in [0.2, 0.25) is 17.7 Å². The number of piperidine rings is 3. The van der Waals surface area contributed by atoms with Crippen molar-refractivity contribution < 1.29 is 33.0 Å². The van der Waals surface area contributed by atoms with E-state index in [9.17, 15) is 19.2 Å². The molecule has 10 rings (SSSR count). The SMILES string of the molecule is Cc1c(-c2cc3cc(NC(=O)OC4CC5(CCN(CC6CCN(c7cccc8c7CN(C7CCC(=O)NC7=O)C8=O)CC6)CC5)C4)ncc3cc2F)cnc2c1NCCO2. The van der Waals surface area contributed by atoms with Crippen molar-refractivity contribution in [3.63, 3.8) is 0 Å². The first-order valence-electron chi connectivity index (χ1n) is 21.3. The van der Waals surface area contributed by atoms with Gasteiger partial charge in [0.1, 0.15) is 36.1 Å². The smallest absolute Gasteiger partial charge is 0.413 e. The highest BCUT2D eigenvalue weighted by Gasteiger charge is 2.48. The third-order valence-corrected chi connectivity index (χ3v) is 13.8. The molecule has 6 aliphatic rings. The molecule has 3 saturated heterocycles. The fourth-order valence-electron chi connectivity index (χ4n) is 10.4. The van der Waals surface area contributed by atoms with E-state index in [1.165, 1.54) is 6.07 Å². The van der Waals surface area contributed by atoms with Gasteiger partial charge in [-0.2, -0.15) is 0 Å². The van der Waals surface area contributed by atoms with Gasteiger partial charge in [0, 0.05) is 84.9 Å². The minimum atomic E-state index is -0.615. The number of nitrogens with one attached hydrogen (secondary N) is 3. The van der Waals surface area contributed by atoms with Gasteiger partial charge in [0.25, 0.3) is 5.91 Å². The molecule has 7 heterocycles. The van der Waals surface area contributed by atoms with Crippen LogP contribution < -0.4 is 25.6 Å². The van der Waals surface area contributed by atoms with Crippen LogP contribution in [0.1, 0.15) is 72.9 Å². The third kappa shape index (κ3) is 7.16. The molecule has 1 saturated carbocycles. The van der Waals surface area contributed by atoms with Crippen molar-refractivity contribution in [2.75, 3.05) is 61.4 Å². The van der Waals surface area contributed by atoms with Crippen LogP contribution in [0.4, 0.5) is 26.4 Å². The van der Waals surface area contributed by atoms with Crippen LogP contribution in [0.15, 0.2) is 48.8 Å². The maximum atomic E-state index is 15.3. The monoisotopic (exact) mass is 816 g/mol. The number of amides is 4. The molecule has 2 aromatic carbocycles. The van der Waals surface area contributed by atoms with Gasteiger partial charge in [-0.25, -0.2) is 19.2 Å². The Kier molecular flexibility index (Phi) is 9.80. The van der Waals surface area contributed by atoms with Crippen LogP contribution in [-0.2, 0) is 20.9 Å². The highest BCUT2D eigenvalue weighted by atomic mass is 19.1. The summed E-state index contributed by atoms with van der Waals surface area (Å²) in [4.78, 5) is 66.0. The van der Waals surface area contributed by atoms with Crippen LogP contribution in [0.3, 0.4) is 0 Å². The van der Waals surface area contributed by atoms with Crippen molar-refractivity contribution in [2.24, 2.45) is 11.3 Å². The number of carbonyl (C=O) groups is 4. The molecule has 15 heteroatoms. The second kappa shape index (κ2) is 15.3. The number of halogens is 1. The second-order valence-corrected chi connectivity index (χ2v) is 17.5. The lowest BCUT2D eigenvalue weighted by Gasteiger charge is -2.51. The Labute approximate surface area is 347 Å². The average molecular weight is 817 g/mol. The number of anilines is 3. The maximum absolute atomic E-state index is 15.3. The van der Waals surface area contributed by atoms with E-state index in [2.05, 4.69) is 41.8 Å². The van der Waals surface area contributed by atoms with Gasteiger partial charge >= 0.3 is 6.09 Å². The normalized spacial score (nSPS) is 21.8. The van der Waals surface area contributed by atoms with E-state index in [0.717, 1.165) is 99.1 Å². The number of benzene rings is 2. The number of ether oxygens (including phenoxy) is 2. The highest BCUT2D eigenvalue weighted by molar-refractivity contribution is 6.06. The van der Waals surface area contributed by atoms with Crippen LogP contribution in [0, 0.1) is 24.1 Å². The van der Waals surface area contributed by atoms with Crippen molar-refractivity contribution in [3.05, 3.63) is 71.3 Å². The third-order valence-electron chi connectivity index (χ3n) is 13.8. The molecule has 4 amide bonds. The quantitative estimate of drug-likeness (QED) is 0.188. The Hall–Kier alpha value is -5.83. The number of pyridine rings is 2. The van der Waals surface area contributed by atoms with Crippen molar-refractivity contribution >= 4 is 51.8 Å². The largest absolute Gasteiger partial charge is 0.474 e. The van der Waals surface area contributed by atoms with Crippen molar-refractivity contribution in [3.8, 4) is 17.0 Å². The van der Waals surface area contributed by atoms with E-state index >= 15 is 4.39 Å². The van der Waals surface area contributed by atoms with Gasteiger partial charge in [-0.05, 0) is 118 Å². The minimum absolute atomic E-state index is 0.134. The molecule has 0 bridgehead atoms. The Morgan fingerprint density at radius 1 is 0.983 bits per heavy atom. The first-order valence-corrected chi connectivity index (χ1v) is 21.3. The number of fused-ring (bicyclic) bond motifs is 3. The number of likely N-dealkylation sites (tertiary alicyclic amines) is 1. The molecule has 60 heavy (non-hydrogen) atoms. The van der Waals surface area contributed by atoms with Gasteiger partial charge in [0.15, 0.2) is 0 Å². The summed E-state index contributed by atoms with van der Waals surface area (Å²) in [5.74, 6) is 0.269. The van der Waals surface area contributed by atoms with E-state index in [4.69, 9.17) is 9.47 Å². The summed E-state index contributed by atoms with van der Waals surface area (Å²) < 4.78 is 26.8. The molecule has 2 aromatic heterocycles. The molecule has 1 spiro atoms. The summed E-state index contributed by atoms with van der Waals surface area (Å²) in [7, 11) is 0. The molecule has 4 fully saturated rings. The number of hydrogen-bond donors (Lipinski definition) is 3. The molecule has 1 aliphatic carbocycles. The summed E-state index contributed by atoms with van der Waals surface area (Å²) in [5.41, 5.74) is 5.62. The van der Waals surface area contributed by atoms with Crippen LogP contribution in [0.5, 0.6) is 5.88 Å². The zero-order valence-corrected chi connectivity index (χ0v) is 33.7. The fourth-order valence-corrected chi connectivity index (χ4v) is 10.4. The van der Waals surface area contributed by atoms with E-state index < -0.39 is 12.1 Å². The van der Waals surface area contributed by atoms with Crippen LogP contribution in [0.25, 0.3) is 21.9 Å². The van der Waals surface area contributed by atoms with E-state index in [-0.39, 0.29) is 41.5 Å². The first-order chi connectivity index (χ1) is 29.1. The Morgan fingerprint density at radius 2 is 1.80 bits per heavy atom. The summed E-state index contributed by atoms with van der Waals surface area (Å²) in [6, 6.07) is 10.2. The maximum Gasteiger partial charge on any atom is 0.413 e. The number of imide groups is 1. The lowest BCUT2D eigenvalue weighted by molar-refractivity contribution is -0.136. The van der Waals surface area contributed by atoms with Crippen molar-refractivity contribution in [1.82, 2.24) is 25.1 Å². The predicted octanol–water partition coefficient (Wildman–Crippen LogP) is 6.02. The molecular formula is C45H49FN8O6. The fraction of sp³-hybridized carbons (Fsp3) is 0.467. The first kappa shape index (κ1) is 38.4. The van der Waals surface area contributed by atoms with Crippen molar-refractivity contribution in [1.29, 1.82) is 0 Å². The van der Waals surface area contributed by atoms with Gasteiger partial charge in [0.05, 0.1) is 0 Å². The molecule has 1 unspecified atom stereocenters. The van der Waals surface area contributed by atoms with Gasteiger partial charge in [-0.15, -0.1) is 0 Å². The number of hydrogen-bond acceptors (Lipinski definition) is 11. The molecule has 14 nitrogen and oxygen atoms in total. The van der Waals surface area contributed by atoms with Gasteiger partial charge in [-0.1, -0.05) is 6.07 Å². The summed E-state index contributed by atoms with van der Waals surface area (Å²) in [6.07, 6.45) is 9.17. The number of carbonyl (C=O) groups excluding carboxylic acids is 4. The number of nitrogens with zero attached hydrogens (tertiary/aromatic N) is 5. The standard InChI is InChI=1S/C45H49FN8O6/c1-26-33(23-49-42-40(26)47-11-16-59-42)32-17-28-19-38(48-22-29(28)18-35(32)46)50-44(58)60-30-20-45(21-30)9-14-52(15-10-45)24-27-7-12-53(13-8-27)36-4-2-3-31-34(36)25-54(43(31)57)37-5-6-39(55)51-41(37)56/h2-4,17-19,22-23,27,30,37,47H,5-16,20-21,24-25H2,1H3,(H,48,50,58)(H,51,55,56). The molecular weight excluding hydrogens is 768 g/mol. The molecule has 312 valence electrons. The van der Waals surface area contributed by atoms with Crippen molar-refractivity contribution in [2.45, 2.75) is 77.0 Å². The Morgan fingerprint density at radius 3 is 2.60 bits per heavy atom. The molecule has 1 atom stereocenters. The molecule has 3 N–H and O–H groups in total. The average Bonchev–Trinajstić information content (AvgIpc) is 3.57. The molecule has 0 radical (unpaired) electrons. The lowest BCUT2D eigenvalue weighted by Crippen LogP contribution is -2.52. The van der Waals surface area contributed by atoms with E-state index in [1.807, 2.05) is 19.1 Å². The summed E-state index contributed by atoms with van der Waals surface area (Å²) in [5, 5.41) is 9.84. The van der Waals surface area contributed by atoms with Gasteiger partial charge < -0.3 is 29.5 Å². The van der Waals surface area contributed by atoms with E-state index in [0.29, 0.717) is 65.8 Å². The van der Waals surface area contributed by atoms with Crippen LogP contribution >= 0.6 is 0 Å². The van der Waals surface area contributed by atoms with Crippen LogP contribution in [-0.4, -0.2) is 102 Å². The molecule has 4 aromatic rings. The summed E-state index contributed by atoms with van der Waals surface area (Å²) >= 11 is 0. The van der Waals surface area contributed by atoms with Gasteiger partial charge in [-0.3, -0.25) is 25.0 Å². The molecule has 5 aliphatic heterocycles. The minimum Gasteiger partial charge on any atom is -0.474 e. The Balaban J connectivity index is 0.683. The zero-order chi connectivity index (χ0) is 41.1. The second-order valence-electron chi connectivity index (χ2n) is 17.5. The Bertz CT molecular complexity index is 2400. The lowest BCUT2D eigenvalue weighted by atomic mass is 9.61.